The van der Waals surface area contributed by atoms with E-state index in [1.165, 1.54) is 82.6 Å². The third-order valence-electron chi connectivity index (χ3n) is 6.46. The summed E-state index contributed by atoms with van der Waals surface area (Å²) in [7, 11) is 0. The van der Waals surface area contributed by atoms with Crippen molar-refractivity contribution in [1.29, 1.82) is 0 Å². The van der Waals surface area contributed by atoms with Gasteiger partial charge in [-0.25, -0.2) is 9.97 Å². The number of hydrogen-bond donors (Lipinski definition) is 0. The smallest absolute Gasteiger partial charge is 0.242 e. The van der Waals surface area contributed by atoms with E-state index in [0.717, 1.165) is 31.7 Å². The maximum Gasteiger partial charge on any atom is 0.242 e. The number of rotatable bonds is 4. The normalized spacial score (nSPS) is 17.3. The number of nitrogens with one attached hydrogen (secondary N) is 1. The molecule has 148 valence electrons. The highest BCUT2D eigenvalue weighted by molar-refractivity contribution is 7.26. The van der Waals surface area contributed by atoms with E-state index in [1.807, 2.05) is 17.7 Å². The van der Waals surface area contributed by atoms with Crippen molar-refractivity contribution in [3.05, 3.63) is 17.5 Å². The average Bonchev–Trinajstić information content (AvgIpc) is 3.14. The highest BCUT2D eigenvalue weighted by atomic mass is 32.1. The first-order chi connectivity index (χ1) is 13.8. The van der Waals surface area contributed by atoms with Crippen LogP contribution in [-0.4, -0.2) is 36.1 Å². The SMILES string of the molecule is CCN(CC)c1[nH+]cnc2c1sc1nc(N3CCCCC3)c3c(c12)CCCC3. The molecule has 0 saturated carbocycles. The van der Waals surface area contributed by atoms with Gasteiger partial charge < -0.3 is 4.90 Å². The molecule has 2 aliphatic rings. The van der Waals surface area contributed by atoms with Gasteiger partial charge in [0.15, 0.2) is 5.52 Å². The van der Waals surface area contributed by atoms with Crippen LogP contribution < -0.4 is 14.8 Å². The van der Waals surface area contributed by atoms with Crippen molar-refractivity contribution >= 4 is 43.4 Å². The summed E-state index contributed by atoms with van der Waals surface area (Å²) in [6.45, 7) is 8.73. The van der Waals surface area contributed by atoms with Crippen LogP contribution in [0.4, 0.5) is 11.6 Å². The molecule has 4 heterocycles. The highest BCUT2D eigenvalue weighted by Crippen LogP contribution is 2.43. The Hall–Kier alpha value is -1.95. The van der Waals surface area contributed by atoms with E-state index in [9.17, 15) is 0 Å². The van der Waals surface area contributed by atoms with Crippen molar-refractivity contribution in [1.82, 2.24) is 9.97 Å². The number of H-pyrrole nitrogens is 1. The van der Waals surface area contributed by atoms with Gasteiger partial charge in [-0.1, -0.05) is 0 Å². The molecule has 1 N–H and O–H groups in total. The Labute approximate surface area is 170 Å². The first-order valence-corrected chi connectivity index (χ1v) is 11.8. The third kappa shape index (κ3) is 2.84. The van der Waals surface area contributed by atoms with Crippen molar-refractivity contribution in [2.45, 2.75) is 58.8 Å². The van der Waals surface area contributed by atoms with Crippen LogP contribution in [0.2, 0.25) is 0 Å². The number of piperidine rings is 1. The van der Waals surface area contributed by atoms with Crippen LogP contribution in [0.3, 0.4) is 0 Å². The molecular formula is C22H30N5S+. The van der Waals surface area contributed by atoms with Crippen LogP contribution in [0.15, 0.2) is 6.33 Å². The van der Waals surface area contributed by atoms with Gasteiger partial charge in [-0.3, -0.25) is 4.90 Å². The summed E-state index contributed by atoms with van der Waals surface area (Å²) in [6, 6.07) is 0. The predicted octanol–water partition coefficient (Wildman–Crippen LogP) is 4.37. The van der Waals surface area contributed by atoms with E-state index in [2.05, 4.69) is 28.6 Å². The Kier molecular flexibility index (Phi) is 4.83. The van der Waals surface area contributed by atoms with Gasteiger partial charge in [0.2, 0.25) is 12.1 Å². The zero-order valence-electron chi connectivity index (χ0n) is 17.1. The Balaban J connectivity index is 1.77. The standard InChI is InChI=1S/C22H29N5S/c1-3-26(4-2)21-19-18(23-14-24-21)17-15-10-6-7-11-16(15)20(25-22(17)28-19)27-12-8-5-9-13-27/h14H,3-13H2,1-2H3/p+1. The number of pyridine rings is 1. The van der Waals surface area contributed by atoms with Crippen LogP contribution in [-0.2, 0) is 12.8 Å². The molecule has 1 saturated heterocycles. The van der Waals surface area contributed by atoms with Gasteiger partial charge >= 0.3 is 0 Å². The number of aromatic nitrogens is 3. The fraction of sp³-hybridized carbons (Fsp3) is 0.591. The van der Waals surface area contributed by atoms with E-state index >= 15 is 0 Å². The number of thiophene rings is 1. The monoisotopic (exact) mass is 396 g/mol. The van der Waals surface area contributed by atoms with Crippen molar-refractivity contribution in [2.75, 3.05) is 36.0 Å². The molecule has 5 nitrogen and oxygen atoms in total. The molecule has 0 bridgehead atoms. The maximum atomic E-state index is 5.27. The lowest BCUT2D eigenvalue weighted by atomic mass is 9.89. The summed E-state index contributed by atoms with van der Waals surface area (Å²) in [5.74, 6) is 2.48. The molecule has 3 aromatic rings. The van der Waals surface area contributed by atoms with Gasteiger partial charge in [-0.05, 0) is 69.9 Å². The Morgan fingerprint density at radius 2 is 1.79 bits per heavy atom. The van der Waals surface area contributed by atoms with E-state index in [4.69, 9.17) is 9.97 Å². The average molecular weight is 397 g/mol. The molecule has 0 unspecified atom stereocenters. The number of fused-ring (bicyclic) bond motifs is 5. The van der Waals surface area contributed by atoms with E-state index in [1.54, 1.807) is 0 Å². The van der Waals surface area contributed by atoms with E-state index in [-0.39, 0.29) is 0 Å². The summed E-state index contributed by atoms with van der Waals surface area (Å²) in [5.41, 5.74) is 4.20. The van der Waals surface area contributed by atoms with Crippen LogP contribution in [0.25, 0.3) is 20.4 Å². The molecule has 1 fully saturated rings. The largest absolute Gasteiger partial charge is 0.356 e. The quantitative estimate of drug-likeness (QED) is 0.657. The zero-order chi connectivity index (χ0) is 19.1. The number of aromatic amines is 1. The van der Waals surface area contributed by atoms with Crippen LogP contribution >= 0.6 is 11.3 Å². The zero-order valence-corrected chi connectivity index (χ0v) is 17.9. The molecule has 28 heavy (non-hydrogen) atoms. The number of nitrogens with zero attached hydrogens (tertiary/aromatic N) is 4. The minimum Gasteiger partial charge on any atom is -0.356 e. The molecule has 3 aromatic heterocycles. The molecule has 1 aliphatic carbocycles. The first kappa shape index (κ1) is 18.1. The fourth-order valence-electron chi connectivity index (χ4n) is 5.00. The topological polar surface area (TPSA) is 46.4 Å². The summed E-state index contributed by atoms with van der Waals surface area (Å²) in [6.07, 6.45) is 10.7. The molecule has 0 spiro atoms. The molecule has 0 atom stereocenters. The van der Waals surface area contributed by atoms with Crippen molar-refractivity contribution in [2.24, 2.45) is 0 Å². The number of anilines is 2. The molecule has 0 radical (unpaired) electrons. The lowest BCUT2D eigenvalue weighted by Gasteiger charge is -2.31. The minimum atomic E-state index is 0.991. The van der Waals surface area contributed by atoms with Crippen LogP contribution in [0.1, 0.15) is 57.1 Å². The van der Waals surface area contributed by atoms with Gasteiger partial charge in [-0.2, -0.15) is 0 Å². The van der Waals surface area contributed by atoms with Gasteiger partial charge in [0.05, 0.1) is 18.5 Å². The van der Waals surface area contributed by atoms with Gasteiger partial charge in [0.1, 0.15) is 15.3 Å². The molecule has 5 rings (SSSR count). The second-order valence-electron chi connectivity index (χ2n) is 8.03. The molecular weight excluding hydrogens is 366 g/mol. The van der Waals surface area contributed by atoms with E-state index in [0.29, 0.717) is 0 Å². The predicted molar refractivity (Wildman–Crippen MR) is 118 cm³/mol. The van der Waals surface area contributed by atoms with Crippen molar-refractivity contribution in [3.63, 3.8) is 0 Å². The van der Waals surface area contributed by atoms with Crippen molar-refractivity contribution in [3.8, 4) is 0 Å². The minimum absolute atomic E-state index is 0.991. The van der Waals surface area contributed by atoms with Crippen molar-refractivity contribution < 1.29 is 4.98 Å². The Morgan fingerprint density at radius 3 is 2.54 bits per heavy atom. The van der Waals surface area contributed by atoms with Gasteiger partial charge in [0, 0.05) is 13.1 Å². The summed E-state index contributed by atoms with van der Waals surface area (Å²) in [5, 5.41) is 1.33. The third-order valence-corrected chi connectivity index (χ3v) is 7.54. The lowest BCUT2D eigenvalue weighted by molar-refractivity contribution is -0.366. The molecule has 6 heteroatoms. The second kappa shape index (κ2) is 7.47. The molecule has 1 aliphatic heterocycles. The maximum absolute atomic E-state index is 5.27. The Bertz CT molecular complexity index is 1000. The summed E-state index contributed by atoms with van der Waals surface area (Å²) >= 11 is 1.83. The van der Waals surface area contributed by atoms with E-state index < -0.39 is 0 Å². The van der Waals surface area contributed by atoms with Crippen LogP contribution in [0, 0.1) is 0 Å². The Morgan fingerprint density at radius 1 is 1.04 bits per heavy atom. The van der Waals surface area contributed by atoms with Gasteiger partial charge in [0.25, 0.3) is 0 Å². The number of aryl methyl sites for hydroxylation is 1. The molecule has 0 aromatic carbocycles. The number of hydrogen-bond acceptors (Lipinski definition) is 5. The summed E-state index contributed by atoms with van der Waals surface area (Å²) < 4.78 is 1.26. The molecule has 0 amide bonds. The summed E-state index contributed by atoms with van der Waals surface area (Å²) in [4.78, 5) is 19.6. The van der Waals surface area contributed by atoms with Gasteiger partial charge in [-0.15, -0.1) is 16.3 Å². The fourth-order valence-corrected chi connectivity index (χ4v) is 6.19. The highest BCUT2D eigenvalue weighted by Gasteiger charge is 2.28. The van der Waals surface area contributed by atoms with Crippen LogP contribution in [0.5, 0.6) is 0 Å². The second-order valence-corrected chi connectivity index (χ2v) is 9.03. The lowest BCUT2D eigenvalue weighted by Crippen LogP contribution is -2.31. The first-order valence-electron chi connectivity index (χ1n) is 11.0.